The number of amides is 2. The van der Waals surface area contributed by atoms with Crippen LogP contribution in [0, 0.1) is 0 Å². The van der Waals surface area contributed by atoms with Gasteiger partial charge in [-0.1, -0.05) is 0 Å². The fourth-order valence-corrected chi connectivity index (χ4v) is 3.11. The zero-order valence-corrected chi connectivity index (χ0v) is 13.8. The molecule has 0 saturated carbocycles. The first-order valence-electron chi connectivity index (χ1n) is 7.53. The number of carbonyl (C=O) groups is 2. The van der Waals surface area contributed by atoms with Crippen LogP contribution in [0.2, 0.25) is 0 Å². The molecule has 2 rings (SSSR count). The molecule has 1 unspecified atom stereocenters. The Morgan fingerprint density at radius 3 is 2.29 bits per heavy atom. The van der Waals surface area contributed by atoms with Crippen LogP contribution in [-0.4, -0.2) is 85.4 Å². The Bertz CT molecular complexity index is 359. The summed E-state index contributed by atoms with van der Waals surface area (Å²) in [6, 6.07) is 0.488. The van der Waals surface area contributed by atoms with Crippen LogP contribution in [0.15, 0.2) is 0 Å². The van der Waals surface area contributed by atoms with Crippen molar-refractivity contribution in [2.45, 2.75) is 25.8 Å². The smallest absolute Gasteiger partial charge is 0.236 e. The van der Waals surface area contributed by atoms with Crippen molar-refractivity contribution in [1.29, 1.82) is 0 Å². The lowest BCUT2D eigenvalue weighted by molar-refractivity contribution is -0.139. The van der Waals surface area contributed by atoms with Gasteiger partial charge in [-0.3, -0.25) is 14.5 Å². The highest BCUT2D eigenvalue weighted by atomic mass is 35.5. The zero-order valence-electron chi connectivity index (χ0n) is 13.0. The number of likely N-dealkylation sites (tertiary alicyclic amines) is 1. The minimum atomic E-state index is 0. The molecule has 0 radical (unpaired) electrons. The molecule has 2 saturated heterocycles. The number of rotatable bonds is 4. The lowest BCUT2D eigenvalue weighted by Crippen LogP contribution is -2.53. The Hall–Kier alpha value is -0.850. The maximum atomic E-state index is 12.3. The van der Waals surface area contributed by atoms with Crippen LogP contribution in [0.25, 0.3) is 0 Å². The minimum absolute atomic E-state index is 0. The summed E-state index contributed by atoms with van der Waals surface area (Å²) in [5, 5.41) is 3.20. The van der Waals surface area contributed by atoms with E-state index in [2.05, 4.69) is 10.2 Å². The molecule has 2 aliphatic rings. The first kappa shape index (κ1) is 18.2. The van der Waals surface area contributed by atoms with Gasteiger partial charge in [0.25, 0.3) is 0 Å². The number of hydrogen-bond donors (Lipinski definition) is 1. The van der Waals surface area contributed by atoms with Crippen molar-refractivity contribution in [1.82, 2.24) is 20.0 Å². The lowest BCUT2D eigenvalue weighted by Gasteiger charge is -2.35. The second kappa shape index (κ2) is 8.56. The zero-order chi connectivity index (χ0) is 14.5. The molecular formula is C14H27ClN4O2. The predicted molar refractivity (Wildman–Crippen MR) is 84.6 cm³/mol. The van der Waals surface area contributed by atoms with Crippen LogP contribution in [0.1, 0.15) is 19.8 Å². The van der Waals surface area contributed by atoms with Crippen molar-refractivity contribution < 1.29 is 9.59 Å². The number of carbonyl (C=O) groups excluding carboxylic acids is 2. The molecule has 6 nitrogen and oxygen atoms in total. The summed E-state index contributed by atoms with van der Waals surface area (Å²) in [5.74, 6) is 0.307. The quantitative estimate of drug-likeness (QED) is 0.779. The van der Waals surface area contributed by atoms with Gasteiger partial charge in [-0.15, -0.1) is 12.4 Å². The lowest BCUT2D eigenvalue weighted by atomic mass is 10.2. The molecule has 7 heteroatoms. The van der Waals surface area contributed by atoms with Gasteiger partial charge in [0.2, 0.25) is 11.8 Å². The monoisotopic (exact) mass is 318 g/mol. The summed E-state index contributed by atoms with van der Waals surface area (Å²) < 4.78 is 0. The van der Waals surface area contributed by atoms with Crippen molar-refractivity contribution >= 4 is 24.2 Å². The Morgan fingerprint density at radius 2 is 1.71 bits per heavy atom. The first-order chi connectivity index (χ1) is 9.61. The van der Waals surface area contributed by atoms with Crippen molar-refractivity contribution in [2.24, 2.45) is 0 Å². The summed E-state index contributed by atoms with van der Waals surface area (Å²) in [4.78, 5) is 29.6. The maximum absolute atomic E-state index is 12.3. The molecule has 0 aromatic heterocycles. The number of nitrogens with one attached hydrogen (secondary N) is 1. The summed E-state index contributed by atoms with van der Waals surface area (Å²) in [7, 11) is 1.96. The Morgan fingerprint density at radius 1 is 1.10 bits per heavy atom. The third kappa shape index (κ3) is 4.83. The molecule has 0 spiro atoms. The van der Waals surface area contributed by atoms with Gasteiger partial charge in [-0.25, -0.2) is 0 Å². The van der Waals surface area contributed by atoms with Gasteiger partial charge in [0.05, 0.1) is 6.54 Å². The molecule has 2 amide bonds. The third-order valence-corrected chi connectivity index (χ3v) is 4.35. The largest absolute Gasteiger partial charge is 0.339 e. The average Bonchev–Trinajstić information content (AvgIpc) is 2.86. The van der Waals surface area contributed by atoms with E-state index >= 15 is 0 Å². The van der Waals surface area contributed by atoms with E-state index in [1.807, 2.05) is 16.8 Å². The highest BCUT2D eigenvalue weighted by Crippen LogP contribution is 2.16. The molecule has 0 aromatic carbocycles. The van der Waals surface area contributed by atoms with E-state index in [1.165, 1.54) is 12.8 Å². The fraction of sp³-hybridized carbons (Fsp3) is 0.857. The van der Waals surface area contributed by atoms with E-state index in [4.69, 9.17) is 0 Å². The highest BCUT2D eigenvalue weighted by molar-refractivity contribution is 5.85. The standard InChI is InChI=1S/C14H26N4O2.ClH/c1-12(19)16-6-8-17(9-7-16)14(20)11-18-5-3-4-13(18)10-15-2;/h13,15H,3-11H2,1-2H3;1H. The number of halogens is 1. The van der Waals surface area contributed by atoms with Crippen LogP contribution in [-0.2, 0) is 9.59 Å². The van der Waals surface area contributed by atoms with Gasteiger partial charge in [0.15, 0.2) is 0 Å². The minimum Gasteiger partial charge on any atom is -0.339 e. The summed E-state index contributed by atoms with van der Waals surface area (Å²) >= 11 is 0. The molecule has 1 atom stereocenters. The average molecular weight is 319 g/mol. The summed E-state index contributed by atoms with van der Waals surface area (Å²) in [5.41, 5.74) is 0. The van der Waals surface area contributed by atoms with E-state index in [0.29, 0.717) is 38.8 Å². The molecule has 122 valence electrons. The Kier molecular flexibility index (Phi) is 7.42. The second-order valence-electron chi connectivity index (χ2n) is 5.71. The third-order valence-electron chi connectivity index (χ3n) is 4.35. The normalized spacial score (nSPS) is 23.0. The van der Waals surface area contributed by atoms with Crippen LogP contribution in [0.3, 0.4) is 0 Å². The molecule has 21 heavy (non-hydrogen) atoms. The van der Waals surface area contributed by atoms with E-state index in [9.17, 15) is 9.59 Å². The molecule has 0 bridgehead atoms. The van der Waals surface area contributed by atoms with E-state index in [-0.39, 0.29) is 24.2 Å². The number of hydrogen-bond acceptors (Lipinski definition) is 4. The highest BCUT2D eigenvalue weighted by Gasteiger charge is 2.28. The fourth-order valence-electron chi connectivity index (χ4n) is 3.11. The van der Waals surface area contributed by atoms with Gasteiger partial charge in [0, 0.05) is 45.7 Å². The molecule has 2 heterocycles. The van der Waals surface area contributed by atoms with E-state index in [0.717, 1.165) is 13.1 Å². The number of likely N-dealkylation sites (N-methyl/N-ethyl adjacent to an activating group) is 1. The molecule has 0 aliphatic carbocycles. The van der Waals surface area contributed by atoms with Crippen molar-refractivity contribution in [2.75, 3.05) is 52.9 Å². The van der Waals surface area contributed by atoms with Crippen molar-refractivity contribution in [3.05, 3.63) is 0 Å². The molecule has 1 N–H and O–H groups in total. The molecule has 0 aromatic rings. The SMILES string of the molecule is CNCC1CCCN1CC(=O)N1CCN(C(C)=O)CC1.Cl. The van der Waals surface area contributed by atoms with E-state index in [1.54, 1.807) is 6.92 Å². The second-order valence-corrected chi connectivity index (χ2v) is 5.71. The predicted octanol–water partition coefficient (Wildman–Crippen LogP) is -0.217. The maximum Gasteiger partial charge on any atom is 0.236 e. The van der Waals surface area contributed by atoms with Crippen LogP contribution >= 0.6 is 12.4 Å². The van der Waals surface area contributed by atoms with Gasteiger partial charge >= 0.3 is 0 Å². The van der Waals surface area contributed by atoms with Crippen LogP contribution < -0.4 is 5.32 Å². The van der Waals surface area contributed by atoms with Crippen molar-refractivity contribution in [3.63, 3.8) is 0 Å². The summed E-state index contributed by atoms with van der Waals surface area (Å²) in [6.45, 7) is 6.75. The van der Waals surface area contributed by atoms with Gasteiger partial charge in [-0.2, -0.15) is 0 Å². The van der Waals surface area contributed by atoms with Gasteiger partial charge in [-0.05, 0) is 26.4 Å². The Balaban J connectivity index is 0.00000220. The van der Waals surface area contributed by atoms with E-state index < -0.39 is 0 Å². The van der Waals surface area contributed by atoms with Crippen LogP contribution in [0.5, 0.6) is 0 Å². The number of nitrogens with zero attached hydrogens (tertiary/aromatic N) is 3. The Labute approximate surface area is 133 Å². The summed E-state index contributed by atoms with van der Waals surface area (Å²) in [6.07, 6.45) is 2.35. The van der Waals surface area contributed by atoms with Crippen LogP contribution in [0.4, 0.5) is 0 Å². The number of piperazine rings is 1. The first-order valence-corrected chi connectivity index (χ1v) is 7.53. The van der Waals surface area contributed by atoms with Gasteiger partial charge in [0.1, 0.15) is 0 Å². The van der Waals surface area contributed by atoms with Gasteiger partial charge < -0.3 is 15.1 Å². The topological polar surface area (TPSA) is 55.9 Å². The molecular weight excluding hydrogens is 292 g/mol. The molecule has 2 aliphatic heterocycles. The molecule has 2 fully saturated rings. The van der Waals surface area contributed by atoms with Crippen molar-refractivity contribution in [3.8, 4) is 0 Å².